The van der Waals surface area contributed by atoms with Crippen molar-refractivity contribution >= 4 is 11.9 Å². The van der Waals surface area contributed by atoms with Crippen molar-refractivity contribution < 1.29 is 14.6 Å². The highest BCUT2D eigenvalue weighted by molar-refractivity contribution is 5.83. The smallest absolute Gasteiger partial charge is 0.413 e. The number of rotatable bonds is 5. The first kappa shape index (κ1) is 15.7. The summed E-state index contributed by atoms with van der Waals surface area (Å²) in [7, 11) is 0. The number of carbonyl (C=O) groups is 1. The van der Waals surface area contributed by atoms with Crippen LogP contribution < -0.4 is 10.6 Å². The third kappa shape index (κ3) is 5.65. The Labute approximate surface area is 124 Å². The molecule has 0 saturated heterocycles. The Kier molecular flexibility index (Phi) is 4.74. The van der Waals surface area contributed by atoms with Gasteiger partial charge in [-0.05, 0) is 45.6 Å². The van der Waals surface area contributed by atoms with Gasteiger partial charge in [-0.25, -0.2) is 4.79 Å². The number of nitrogens with one attached hydrogen (secondary N) is 2. The first-order valence-corrected chi connectivity index (χ1v) is 7.07. The number of nitrogens with zero attached hydrogens (tertiary/aromatic N) is 2. The summed E-state index contributed by atoms with van der Waals surface area (Å²) in [5, 5.41) is 23.1. The molecule has 0 bridgehead atoms. The highest BCUT2D eigenvalue weighted by Gasteiger charge is 2.22. The summed E-state index contributed by atoms with van der Waals surface area (Å²) in [5.74, 6) is 0.905. The van der Waals surface area contributed by atoms with Crippen LogP contribution in [0.5, 0.6) is 0 Å². The highest BCUT2D eigenvalue weighted by Crippen LogP contribution is 2.28. The van der Waals surface area contributed by atoms with E-state index in [4.69, 9.17) is 4.74 Å². The second-order valence-corrected chi connectivity index (χ2v) is 6.26. The van der Waals surface area contributed by atoms with E-state index in [1.165, 1.54) is 19.0 Å². The summed E-state index contributed by atoms with van der Waals surface area (Å²) >= 11 is 0. The summed E-state index contributed by atoms with van der Waals surface area (Å²) in [5.41, 5.74) is -0.0304. The van der Waals surface area contributed by atoms with Crippen molar-refractivity contribution in [3.05, 3.63) is 17.8 Å². The topological polar surface area (TPSA) is 96.4 Å². The van der Waals surface area contributed by atoms with Gasteiger partial charge in [0.05, 0.1) is 6.20 Å². The lowest BCUT2D eigenvalue weighted by molar-refractivity contribution is 0.0635. The van der Waals surface area contributed by atoms with E-state index >= 15 is 0 Å². The molecule has 1 amide bonds. The second-order valence-electron chi connectivity index (χ2n) is 6.26. The summed E-state index contributed by atoms with van der Waals surface area (Å²) in [6.45, 7) is 6.11. The van der Waals surface area contributed by atoms with Gasteiger partial charge in [0, 0.05) is 12.1 Å². The third-order valence-corrected chi connectivity index (χ3v) is 2.92. The number of anilines is 1. The molecule has 1 aromatic heterocycles. The lowest BCUT2D eigenvalue weighted by Crippen LogP contribution is -2.28. The normalized spacial score (nSPS) is 16.4. The predicted octanol–water partition coefficient (Wildman–Crippen LogP) is 1.81. The van der Waals surface area contributed by atoms with Crippen LogP contribution in [0.1, 0.15) is 45.4 Å². The van der Waals surface area contributed by atoms with Crippen molar-refractivity contribution in [2.45, 2.75) is 45.4 Å². The summed E-state index contributed by atoms with van der Waals surface area (Å²) in [6, 6.07) is 1.57. The molecule has 3 N–H and O–H groups in total. The maximum absolute atomic E-state index is 11.7. The van der Waals surface area contributed by atoms with Crippen LogP contribution in [0.25, 0.3) is 0 Å². The minimum absolute atomic E-state index is 0.244. The van der Waals surface area contributed by atoms with Gasteiger partial charge in [-0.2, -0.15) is 5.10 Å². The SMILES string of the molecule is CC(C)(C)OC(=O)Nc1cc(C(O)NCC2CC2)cnn1. The standard InChI is InChI=1S/C14H22N4O3/c1-14(2,3)21-13(20)17-11-6-10(8-16-18-11)12(19)15-7-9-4-5-9/h6,8-9,12,15,19H,4-5,7H2,1-3H3,(H,17,18,20). The zero-order valence-electron chi connectivity index (χ0n) is 12.6. The fourth-order valence-electron chi connectivity index (χ4n) is 1.72. The molecule has 7 nitrogen and oxygen atoms in total. The van der Waals surface area contributed by atoms with Crippen LogP contribution in [0.15, 0.2) is 12.3 Å². The molecular weight excluding hydrogens is 272 g/mol. The molecule has 0 aliphatic heterocycles. The Balaban J connectivity index is 1.91. The number of carbonyl (C=O) groups excluding carboxylic acids is 1. The number of ether oxygens (including phenoxy) is 1. The van der Waals surface area contributed by atoms with Crippen LogP contribution in [-0.4, -0.2) is 33.5 Å². The molecule has 1 heterocycles. The van der Waals surface area contributed by atoms with E-state index in [1.54, 1.807) is 26.8 Å². The first-order valence-electron chi connectivity index (χ1n) is 7.07. The van der Waals surface area contributed by atoms with Crippen molar-refractivity contribution in [2.24, 2.45) is 5.92 Å². The third-order valence-electron chi connectivity index (χ3n) is 2.92. The molecule has 1 aliphatic rings. The molecular formula is C14H22N4O3. The largest absolute Gasteiger partial charge is 0.444 e. The van der Waals surface area contributed by atoms with Crippen LogP contribution in [0, 0.1) is 5.92 Å². The van der Waals surface area contributed by atoms with Gasteiger partial charge in [-0.1, -0.05) is 0 Å². The molecule has 0 aromatic carbocycles. The quantitative estimate of drug-likeness (QED) is 0.717. The Morgan fingerprint density at radius 2 is 2.24 bits per heavy atom. The Hall–Kier alpha value is -1.73. The summed E-state index contributed by atoms with van der Waals surface area (Å²) < 4.78 is 5.13. The Morgan fingerprint density at radius 1 is 1.52 bits per heavy atom. The Morgan fingerprint density at radius 3 is 2.86 bits per heavy atom. The van der Waals surface area contributed by atoms with Crippen LogP contribution in [-0.2, 0) is 4.74 Å². The lowest BCUT2D eigenvalue weighted by Gasteiger charge is -2.19. The van der Waals surface area contributed by atoms with Crippen molar-refractivity contribution in [3.63, 3.8) is 0 Å². The maximum Gasteiger partial charge on any atom is 0.413 e. The number of aliphatic hydroxyl groups is 1. The van der Waals surface area contributed by atoms with Crippen molar-refractivity contribution in [1.82, 2.24) is 15.5 Å². The zero-order chi connectivity index (χ0) is 15.5. The van der Waals surface area contributed by atoms with Gasteiger partial charge in [-0.3, -0.25) is 10.6 Å². The zero-order valence-corrected chi connectivity index (χ0v) is 12.6. The molecule has 116 valence electrons. The number of amides is 1. The molecule has 1 aromatic rings. The minimum atomic E-state index is -0.819. The van der Waals surface area contributed by atoms with Crippen molar-refractivity contribution in [1.29, 1.82) is 0 Å². The van der Waals surface area contributed by atoms with Crippen LogP contribution >= 0.6 is 0 Å². The first-order chi connectivity index (χ1) is 9.83. The van der Waals surface area contributed by atoms with Gasteiger partial charge in [-0.15, -0.1) is 5.10 Å². The molecule has 0 radical (unpaired) electrons. The van der Waals surface area contributed by atoms with Crippen LogP contribution in [0.3, 0.4) is 0 Å². The number of hydrogen-bond donors (Lipinski definition) is 3. The van der Waals surface area contributed by atoms with Crippen molar-refractivity contribution in [2.75, 3.05) is 11.9 Å². The van der Waals surface area contributed by atoms with Crippen LogP contribution in [0.4, 0.5) is 10.6 Å². The highest BCUT2D eigenvalue weighted by atomic mass is 16.6. The molecule has 1 fully saturated rings. The van der Waals surface area contributed by atoms with E-state index < -0.39 is 17.9 Å². The van der Waals surface area contributed by atoms with Crippen LogP contribution in [0.2, 0.25) is 0 Å². The average Bonchev–Trinajstić information content (AvgIpc) is 3.17. The fraction of sp³-hybridized carbons (Fsp3) is 0.643. The molecule has 1 saturated carbocycles. The monoisotopic (exact) mass is 294 g/mol. The van der Waals surface area contributed by atoms with E-state index in [0.29, 0.717) is 11.5 Å². The molecule has 1 aliphatic carbocycles. The maximum atomic E-state index is 11.7. The number of hydrogen-bond acceptors (Lipinski definition) is 6. The second kappa shape index (κ2) is 6.36. The van der Waals surface area contributed by atoms with E-state index in [2.05, 4.69) is 20.8 Å². The fourth-order valence-corrected chi connectivity index (χ4v) is 1.72. The van der Waals surface area contributed by atoms with E-state index in [-0.39, 0.29) is 5.82 Å². The van der Waals surface area contributed by atoms with E-state index in [1.807, 2.05) is 0 Å². The lowest BCUT2D eigenvalue weighted by atomic mass is 10.2. The molecule has 2 rings (SSSR count). The minimum Gasteiger partial charge on any atom is -0.444 e. The van der Waals surface area contributed by atoms with Gasteiger partial charge in [0.1, 0.15) is 11.8 Å². The molecule has 1 unspecified atom stereocenters. The summed E-state index contributed by atoms with van der Waals surface area (Å²) in [6.07, 6.45) is 2.46. The summed E-state index contributed by atoms with van der Waals surface area (Å²) in [4.78, 5) is 11.7. The average molecular weight is 294 g/mol. The number of aliphatic hydroxyl groups excluding tert-OH is 1. The molecule has 1 atom stereocenters. The van der Waals surface area contributed by atoms with E-state index in [0.717, 1.165) is 6.54 Å². The number of aromatic nitrogens is 2. The van der Waals surface area contributed by atoms with Gasteiger partial charge >= 0.3 is 6.09 Å². The van der Waals surface area contributed by atoms with Gasteiger partial charge in [0.15, 0.2) is 5.82 Å². The van der Waals surface area contributed by atoms with Gasteiger partial charge in [0.25, 0.3) is 0 Å². The molecule has 0 spiro atoms. The Bertz CT molecular complexity index is 497. The van der Waals surface area contributed by atoms with Gasteiger partial charge < -0.3 is 9.84 Å². The molecule has 7 heteroatoms. The van der Waals surface area contributed by atoms with Gasteiger partial charge in [0.2, 0.25) is 0 Å². The predicted molar refractivity (Wildman–Crippen MR) is 77.6 cm³/mol. The molecule has 21 heavy (non-hydrogen) atoms. The van der Waals surface area contributed by atoms with E-state index in [9.17, 15) is 9.90 Å². The van der Waals surface area contributed by atoms with Crippen molar-refractivity contribution in [3.8, 4) is 0 Å².